The second kappa shape index (κ2) is 7.55. The summed E-state index contributed by atoms with van der Waals surface area (Å²) < 4.78 is 0. The lowest BCUT2D eigenvalue weighted by molar-refractivity contribution is 0.0990. The number of halogens is 1. The second-order valence-corrected chi connectivity index (χ2v) is 7.10. The summed E-state index contributed by atoms with van der Waals surface area (Å²) in [7, 11) is 0. The number of aromatic nitrogens is 3. The third-order valence-electron chi connectivity index (χ3n) is 4.75. The van der Waals surface area contributed by atoms with Crippen molar-refractivity contribution in [1.82, 2.24) is 20.3 Å². The van der Waals surface area contributed by atoms with Gasteiger partial charge >= 0.3 is 0 Å². The first-order chi connectivity index (χ1) is 12.3. The second-order valence-electron chi connectivity index (χ2n) is 6.67. The van der Waals surface area contributed by atoms with Gasteiger partial charge in [-0.1, -0.05) is 11.6 Å². The number of nitrogens with two attached hydrogens (primary N) is 1. The molecule has 0 aliphatic carbocycles. The number of hydrogen-bond donors (Lipinski definition) is 2. The van der Waals surface area contributed by atoms with Gasteiger partial charge in [-0.15, -0.1) is 0 Å². The van der Waals surface area contributed by atoms with E-state index < -0.39 is 5.91 Å². The first-order valence-corrected chi connectivity index (χ1v) is 9.00. The van der Waals surface area contributed by atoms with Crippen LogP contribution in [0.3, 0.4) is 0 Å². The number of anilines is 1. The molecule has 0 bridgehead atoms. The molecule has 3 heterocycles. The minimum atomic E-state index is -0.606. The van der Waals surface area contributed by atoms with Crippen LogP contribution in [0, 0.1) is 13.8 Å². The average Bonchev–Trinajstić information content (AvgIpc) is 3.05. The van der Waals surface area contributed by atoms with Crippen LogP contribution in [-0.4, -0.2) is 40.0 Å². The number of rotatable bonds is 5. The maximum Gasteiger partial charge on any atom is 0.286 e. The van der Waals surface area contributed by atoms with E-state index in [9.17, 15) is 4.79 Å². The molecule has 138 valence electrons. The zero-order valence-electron chi connectivity index (χ0n) is 15.2. The molecule has 1 aliphatic rings. The molecular weight excluding hydrogens is 352 g/mol. The van der Waals surface area contributed by atoms with Gasteiger partial charge in [0, 0.05) is 42.6 Å². The van der Waals surface area contributed by atoms with E-state index in [-0.39, 0.29) is 11.9 Å². The molecule has 2 atom stereocenters. The molecule has 3 rings (SSSR count). The van der Waals surface area contributed by atoms with E-state index in [2.05, 4.69) is 32.1 Å². The van der Waals surface area contributed by atoms with E-state index in [0.29, 0.717) is 11.1 Å². The molecule has 1 amide bonds. The summed E-state index contributed by atoms with van der Waals surface area (Å²) in [6.45, 7) is 7.58. The Balaban J connectivity index is 1.70. The normalized spacial score (nSPS) is 18.2. The van der Waals surface area contributed by atoms with Crippen molar-refractivity contribution >= 4 is 23.3 Å². The fourth-order valence-corrected chi connectivity index (χ4v) is 3.31. The van der Waals surface area contributed by atoms with Gasteiger partial charge < -0.3 is 16.0 Å². The Hall–Kier alpha value is -2.25. The Labute approximate surface area is 158 Å². The zero-order chi connectivity index (χ0) is 18.8. The van der Waals surface area contributed by atoms with Crippen molar-refractivity contribution in [1.29, 1.82) is 0 Å². The molecule has 1 aliphatic heterocycles. The lowest BCUT2D eigenvalue weighted by Gasteiger charge is -2.22. The fourth-order valence-electron chi connectivity index (χ4n) is 3.20. The largest absolute Gasteiger partial charge is 0.363 e. The predicted octanol–water partition coefficient (Wildman–Crippen LogP) is 2.17. The predicted molar refractivity (Wildman–Crippen MR) is 101 cm³/mol. The van der Waals surface area contributed by atoms with Gasteiger partial charge in [0.2, 0.25) is 5.82 Å². The quantitative estimate of drug-likeness (QED) is 0.832. The van der Waals surface area contributed by atoms with Gasteiger partial charge in [0.25, 0.3) is 5.91 Å². The van der Waals surface area contributed by atoms with E-state index in [1.807, 2.05) is 26.0 Å². The lowest BCUT2D eigenvalue weighted by Crippen LogP contribution is -2.35. The van der Waals surface area contributed by atoms with Crippen molar-refractivity contribution in [2.24, 2.45) is 5.73 Å². The molecule has 1 unspecified atom stereocenters. The number of pyridine rings is 1. The summed E-state index contributed by atoms with van der Waals surface area (Å²) in [5.74, 6) is 0.247. The van der Waals surface area contributed by atoms with Gasteiger partial charge in [0.05, 0.1) is 10.7 Å². The minimum Gasteiger partial charge on any atom is -0.363 e. The Morgan fingerprint density at radius 2 is 2.15 bits per heavy atom. The summed E-state index contributed by atoms with van der Waals surface area (Å²) >= 11 is 5.90. The number of aryl methyl sites for hydroxylation is 1. The van der Waals surface area contributed by atoms with E-state index in [1.54, 1.807) is 6.20 Å². The SMILES string of the molecule is Cc1nc(C(N)=O)nc(N2CC[C@@H](NC(C)c3ccc(Cl)cn3)C2)c1C. The monoisotopic (exact) mass is 374 g/mol. The van der Waals surface area contributed by atoms with Crippen LogP contribution in [0.25, 0.3) is 0 Å². The van der Waals surface area contributed by atoms with E-state index >= 15 is 0 Å². The topological polar surface area (TPSA) is 97.0 Å². The highest BCUT2D eigenvalue weighted by molar-refractivity contribution is 6.30. The standard InChI is InChI=1S/C18H23ClN6O/c1-10-11(2)23-17(16(20)26)24-18(10)25-7-6-14(9-25)22-12(3)15-5-4-13(19)8-21-15/h4-5,8,12,14,22H,6-7,9H2,1-3H3,(H2,20,26)/t12?,14-/m1/s1. The summed E-state index contributed by atoms with van der Waals surface area (Å²) in [4.78, 5) is 26.6. The maximum absolute atomic E-state index is 11.5. The van der Waals surface area contributed by atoms with Gasteiger partial charge in [-0.05, 0) is 39.3 Å². The number of amides is 1. The summed E-state index contributed by atoms with van der Waals surface area (Å²) in [5.41, 5.74) is 8.07. The van der Waals surface area contributed by atoms with Gasteiger partial charge in [-0.25, -0.2) is 9.97 Å². The Morgan fingerprint density at radius 1 is 1.38 bits per heavy atom. The lowest BCUT2D eigenvalue weighted by atomic mass is 10.1. The number of hydrogen-bond acceptors (Lipinski definition) is 6. The van der Waals surface area contributed by atoms with Crippen LogP contribution in [0.15, 0.2) is 18.3 Å². The maximum atomic E-state index is 11.5. The summed E-state index contributed by atoms with van der Waals surface area (Å²) in [6, 6.07) is 4.20. The third kappa shape index (κ3) is 3.94. The first kappa shape index (κ1) is 18.5. The molecule has 1 fully saturated rings. The van der Waals surface area contributed by atoms with Crippen LogP contribution in [0.1, 0.15) is 47.0 Å². The highest BCUT2D eigenvalue weighted by Gasteiger charge is 2.27. The molecule has 1 saturated heterocycles. The van der Waals surface area contributed by atoms with Crippen molar-refractivity contribution in [2.75, 3.05) is 18.0 Å². The van der Waals surface area contributed by atoms with E-state index in [0.717, 1.165) is 42.3 Å². The van der Waals surface area contributed by atoms with Gasteiger partial charge in [-0.2, -0.15) is 0 Å². The van der Waals surface area contributed by atoms with Crippen molar-refractivity contribution < 1.29 is 4.79 Å². The number of primary amides is 1. The van der Waals surface area contributed by atoms with Crippen molar-refractivity contribution in [3.8, 4) is 0 Å². The van der Waals surface area contributed by atoms with Crippen LogP contribution < -0.4 is 16.0 Å². The van der Waals surface area contributed by atoms with Gasteiger partial charge in [-0.3, -0.25) is 9.78 Å². The number of nitrogens with zero attached hydrogens (tertiary/aromatic N) is 4. The first-order valence-electron chi connectivity index (χ1n) is 8.62. The average molecular weight is 375 g/mol. The van der Waals surface area contributed by atoms with Crippen LogP contribution in [0.4, 0.5) is 5.82 Å². The van der Waals surface area contributed by atoms with Gasteiger partial charge in [0.15, 0.2) is 0 Å². The van der Waals surface area contributed by atoms with Crippen molar-refractivity contribution in [3.05, 3.63) is 46.1 Å². The van der Waals surface area contributed by atoms with Crippen molar-refractivity contribution in [2.45, 2.75) is 39.3 Å². The molecule has 26 heavy (non-hydrogen) atoms. The Bertz CT molecular complexity index is 810. The number of carbonyl (C=O) groups excluding carboxylic acids is 1. The summed E-state index contributed by atoms with van der Waals surface area (Å²) in [5, 5.41) is 4.24. The molecule has 0 aromatic carbocycles. The Kier molecular flexibility index (Phi) is 5.38. The van der Waals surface area contributed by atoms with E-state index in [4.69, 9.17) is 17.3 Å². The molecule has 0 saturated carbocycles. The number of nitrogens with one attached hydrogen (secondary N) is 1. The van der Waals surface area contributed by atoms with Crippen LogP contribution >= 0.6 is 11.6 Å². The van der Waals surface area contributed by atoms with Crippen LogP contribution in [-0.2, 0) is 0 Å². The molecule has 8 heteroatoms. The minimum absolute atomic E-state index is 0.0678. The number of carbonyl (C=O) groups is 1. The fraction of sp³-hybridized carbons (Fsp3) is 0.444. The molecular formula is C18H23ClN6O. The molecule has 2 aromatic rings. The Morgan fingerprint density at radius 3 is 2.81 bits per heavy atom. The van der Waals surface area contributed by atoms with Crippen LogP contribution in [0.5, 0.6) is 0 Å². The molecule has 0 radical (unpaired) electrons. The molecule has 3 N–H and O–H groups in total. The molecule has 0 spiro atoms. The highest BCUT2D eigenvalue weighted by atomic mass is 35.5. The van der Waals surface area contributed by atoms with Crippen LogP contribution in [0.2, 0.25) is 5.02 Å². The smallest absolute Gasteiger partial charge is 0.286 e. The zero-order valence-corrected chi connectivity index (χ0v) is 15.9. The molecule has 2 aromatic heterocycles. The van der Waals surface area contributed by atoms with Gasteiger partial charge in [0.1, 0.15) is 5.82 Å². The third-order valence-corrected chi connectivity index (χ3v) is 4.97. The summed E-state index contributed by atoms with van der Waals surface area (Å²) in [6.07, 6.45) is 2.64. The highest BCUT2D eigenvalue weighted by Crippen LogP contribution is 2.25. The van der Waals surface area contributed by atoms with E-state index in [1.165, 1.54) is 0 Å². The molecule has 7 nitrogen and oxygen atoms in total. The van der Waals surface area contributed by atoms with Crippen molar-refractivity contribution in [3.63, 3.8) is 0 Å².